The highest BCUT2D eigenvalue weighted by Gasteiger charge is 2.27. The summed E-state index contributed by atoms with van der Waals surface area (Å²) in [6.45, 7) is 1.25. The maximum Gasteiger partial charge on any atom is 0.321 e. The molecule has 0 N–H and O–H groups in total. The number of sulfonamides is 1. The van der Waals surface area contributed by atoms with Gasteiger partial charge in [0.1, 0.15) is 6.54 Å². The van der Waals surface area contributed by atoms with E-state index in [1.807, 2.05) is 0 Å². The van der Waals surface area contributed by atoms with Gasteiger partial charge in [-0.2, -0.15) is 4.31 Å². The minimum Gasteiger partial charge on any atom is -0.465 e. The smallest absolute Gasteiger partial charge is 0.321 e. The first-order valence-electron chi connectivity index (χ1n) is 5.12. The van der Waals surface area contributed by atoms with Gasteiger partial charge in [-0.15, -0.1) is 0 Å². The van der Waals surface area contributed by atoms with Crippen LogP contribution < -0.4 is 0 Å². The molecule has 0 radical (unpaired) electrons. The Morgan fingerprint density at radius 2 is 2.22 bits per heavy atom. The van der Waals surface area contributed by atoms with E-state index in [-0.39, 0.29) is 6.61 Å². The molecule has 1 aromatic heterocycles. The molecule has 0 aliphatic carbocycles. The molecule has 0 unspecified atom stereocenters. The molecule has 0 bridgehead atoms. The zero-order valence-electron chi connectivity index (χ0n) is 9.96. The lowest BCUT2D eigenvalue weighted by Gasteiger charge is -2.15. The number of ether oxygens (including phenoxy) is 1. The van der Waals surface area contributed by atoms with Crippen molar-refractivity contribution in [3.05, 3.63) is 24.1 Å². The van der Waals surface area contributed by atoms with Crippen LogP contribution in [0.3, 0.4) is 0 Å². The topological polar surface area (TPSA) is 76.6 Å². The van der Waals surface area contributed by atoms with E-state index >= 15 is 0 Å². The summed E-state index contributed by atoms with van der Waals surface area (Å²) in [7, 11) is -2.98. The summed E-state index contributed by atoms with van der Waals surface area (Å²) in [5.41, 5.74) is 0. The third kappa shape index (κ3) is 3.23. The van der Waals surface area contributed by atoms with E-state index in [1.165, 1.54) is 6.07 Å². The molecule has 1 aromatic rings. The fraction of sp³-hybridized carbons (Fsp3) is 0.400. The average Bonchev–Trinajstić information content (AvgIpc) is 2.29. The highest BCUT2D eigenvalue weighted by molar-refractivity contribution is 7.89. The predicted molar refractivity (Wildman–Crippen MR) is 60.6 cm³/mol. The molecule has 0 saturated heterocycles. The van der Waals surface area contributed by atoms with Crippen LogP contribution in [0.25, 0.3) is 0 Å². The van der Waals surface area contributed by atoms with Crippen molar-refractivity contribution in [2.24, 2.45) is 0 Å². The van der Waals surface area contributed by atoms with Crippen molar-refractivity contribution < 1.29 is 22.3 Å². The van der Waals surface area contributed by atoms with Crippen LogP contribution >= 0.6 is 0 Å². The van der Waals surface area contributed by atoms with Gasteiger partial charge in [0.05, 0.1) is 6.61 Å². The minimum atomic E-state index is -4.14. The van der Waals surface area contributed by atoms with Gasteiger partial charge in [0, 0.05) is 13.2 Å². The van der Waals surface area contributed by atoms with E-state index < -0.39 is 33.4 Å². The van der Waals surface area contributed by atoms with Gasteiger partial charge < -0.3 is 4.74 Å². The second-order valence-corrected chi connectivity index (χ2v) is 5.32. The Hall–Kier alpha value is -1.54. The summed E-state index contributed by atoms with van der Waals surface area (Å²) >= 11 is 0. The normalized spacial score (nSPS) is 11.6. The largest absolute Gasteiger partial charge is 0.465 e. The molecule has 1 rings (SSSR count). The number of pyridine rings is 1. The van der Waals surface area contributed by atoms with Crippen molar-refractivity contribution in [2.45, 2.75) is 11.9 Å². The van der Waals surface area contributed by atoms with Crippen LogP contribution in [0.1, 0.15) is 6.92 Å². The summed E-state index contributed by atoms with van der Waals surface area (Å²) in [5.74, 6) is -1.67. The van der Waals surface area contributed by atoms with Crippen molar-refractivity contribution in [3.8, 4) is 0 Å². The predicted octanol–water partition coefficient (Wildman–Crippen LogP) is 0.404. The van der Waals surface area contributed by atoms with Crippen LogP contribution in [0.4, 0.5) is 4.39 Å². The first kappa shape index (κ1) is 14.5. The van der Waals surface area contributed by atoms with Crippen molar-refractivity contribution in [2.75, 3.05) is 20.2 Å². The molecule has 0 fully saturated rings. The molecule has 18 heavy (non-hydrogen) atoms. The van der Waals surface area contributed by atoms with Gasteiger partial charge in [-0.1, -0.05) is 0 Å². The van der Waals surface area contributed by atoms with Gasteiger partial charge in [0.15, 0.2) is 5.82 Å². The van der Waals surface area contributed by atoms with Gasteiger partial charge in [0.2, 0.25) is 5.03 Å². The van der Waals surface area contributed by atoms with Gasteiger partial charge in [-0.25, -0.2) is 17.8 Å². The number of likely N-dealkylation sites (N-methyl/N-ethyl adjacent to an activating group) is 1. The summed E-state index contributed by atoms with van der Waals surface area (Å²) in [4.78, 5) is 14.6. The van der Waals surface area contributed by atoms with Crippen molar-refractivity contribution >= 4 is 16.0 Å². The molecule has 0 amide bonds. The molecule has 100 valence electrons. The molecule has 1 heterocycles. The molecule has 0 aliphatic rings. The van der Waals surface area contributed by atoms with Crippen LogP contribution in [0, 0.1) is 5.82 Å². The zero-order chi connectivity index (χ0) is 13.8. The summed E-state index contributed by atoms with van der Waals surface area (Å²) in [6.07, 6.45) is 1.16. The molecular weight excluding hydrogens is 263 g/mol. The Kier molecular flexibility index (Phi) is 4.74. The fourth-order valence-electron chi connectivity index (χ4n) is 1.18. The Morgan fingerprint density at radius 1 is 1.56 bits per heavy atom. The first-order chi connectivity index (χ1) is 8.39. The Morgan fingerprint density at radius 3 is 2.78 bits per heavy atom. The molecule has 0 aliphatic heterocycles. The lowest BCUT2D eigenvalue weighted by molar-refractivity contribution is -0.143. The Bertz CT molecular complexity index is 532. The molecule has 8 heteroatoms. The van der Waals surface area contributed by atoms with E-state index in [0.717, 1.165) is 19.3 Å². The van der Waals surface area contributed by atoms with Gasteiger partial charge in [-0.3, -0.25) is 4.79 Å². The molecule has 6 nitrogen and oxygen atoms in total. The molecule has 0 atom stereocenters. The van der Waals surface area contributed by atoms with E-state index in [4.69, 9.17) is 0 Å². The van der Waals surface area contributed by atoms with Gasteiger partial charge in [0.25, 0.3) is 10.0 Å². The Labute approximate surface area is 104 Å². The molecule has 0 aromatic carbocycles. The van der Waals surface area contributed by atoms with E-state index in [1.54, 1.807) is 6.92 Å². The molecular formula is C10H13FN2O4S. The lowest BCUT2D eigenvalue weighted by atomic mass is 10.5. The maximum atomic E-state index is 13.3. The highest BCUT2D eigenvalue weighted by atomic mass is 32.2. The second kappa shape index (κ2) is 5.87. The van der Waals surface area contributed by atoms with Crippen molar-refractivity contribution in [3.63, 3.8) is 0 Å². The van der Waals surface area contributed by atoms with E-state index in [9.17, 15) is 17.6 Å². The summed E-state index contributed by atoms with van der Waals surface area (Å²) < 4.78 is 42.5. The zero-order valence-corrected chi connectivity index (χ0v) is 10.8. The number of nitrogens with zero attached hydrogens (tertiary/aromatic N) is 2. The molecule has 0 spiro atoms. The van der Waals surface area contributed by atoms with Crippen molar-refractivity contribution in [1.29, 1.82) is 0 Å². The van der Waals surface area contributed by atoms with Crippen LogP contribution in [0.2, 0.25) is 0 Å². The monoisotopic (exact) mass is 276 g/mol. The average molecular weight is 276 g/mol. The van der Waals surface area contributed by atoms with Crippen molar-refractivity contribution in [1.82, 2.24) is 9.29 Å². The minimum absolute atomic E-state index is 0.144. The van der Waals surface area contributed by atoms with Crippen LogP contribution in [-0.4, -0.2) is 43.9 Å². The Balaban J connectivity index is 2.94. The number of hydrogen-bond donors (Lipinski definition) is 0. The highest BCUT2D eigenvalue weighted by Crippen LogP contribution is 2.14. The fourth-order valence-corrected chi connectivity index (χ4v) is 2.26. The number of rotatable bonds is 5. The number of esters is 1. The second-order valence-electron chi connectivity index (χ2n) is 3.36. The first-order valence-corrected chi connectivity index (χ1v) is 6.56. The number of aromatic nitrogens is 1. The third-order valence-corrected chi connectivity index (χ3v) is 3.78. The van der Waals surface area contributed by atoms with Crippen LogP contribution in [-0.2, 0) is 19.6 Å². The molecule has 0 saturated carbocycles. The van der Waals surface area contributed by atoms with E-state index in [2.05, 4.69) is 9.72 Å². The SMILES string of the molecule is CCOC(=O)CN(C)S(=O)(=O)c1ncccc1F. The lowest BCUT2D eigenvalue weighted by Crippen LogP contribution is -2.34. The number of carbonyl (C=O) groups is 1. The number of halogens is 1. The van der Waals surface area contributed by atoms with Gasteiger partial charge >= 0.3 is 5.97 Å². The maximum absolute atomic E-state index is 13.3. The number of hydrogen-bond acceptors (Lipinski definition) is 5. The van der Waals surface area contributed by atoms with E-state index in [0.29, 0.717) is 4.31 Å². The summed E-state index contributed by atoms with van der Waals surface area (Å²) in [6, 6.07) is 2.26. The van der Waals surface area contributed by atoms with Crippen LogP contribution in [0.5, 0.6) is 0 Å². The summed E-state index contributed by atoms with van der Waals surface area (Å²) in [5, 5.41) is -0.711. The van der Waals surface area contributed by atoms with Crippen LogP contribution in [0.15, 0.2) is 23.4 Å². The standard InChI is InChI=1S/C10H13FN2O4S/c1-3-17-9(14)7-13(2)18(15,16)10-8(11)5-4-6-12-10/h4-6H,3,7H2,1-2H3. The quantitative estimate of drug-likeness (QED) is 0.728. The number of carbonyl (C=O) groups excluding carboxylic acids is 1. The third-order valence-electron chi connectivity index (χ3n) is 2.04. The van der Waals surface area contributed by atoms with Gasteiger partial charge in [-0.05, 0) is 19.1 Å².